The maximum absolute atomic E-state index is 14.0. The van der Waals surface area contributed by atoms with Crippen LogP contribution < -0.4 is 0 Å². The van der Waals surface area contributed by atoms with Crippen molar-refractivity contribution in [1.82, 2.24) is 4.31 Å². The fourth-order valence-corrected chi connectivity index (χ4v) is 6.26. The first-order valence-corrected chi connectivity index (χ1v) is 11.5. The van der Waals surface area contributed by atoms with Crippen molar-refractivity contribution < 1.29 is 27.1 Å². The lowest BCUT2D eigenvalue weighted by Crippen LogP contribution is -2.27. The molecule has 1 aliphatic rings. The number of aliphatic carboxylic acids is 1. The molecule has 156 valence electrons. The number of benzene rings is 1. The van der Waals surface area contributed by atoms with Crippen molar-refractivity contribution in [2.45, 2.75) is 17.1 Å². The van der Waals surface area contributed by atoms with Gasteiger partial charge in [0.25, 0.3) is 10.0 Å². The fourth-order valence-electron chi connectivity index (χ4n) is 3.28. The summed E-state index contributed by atoms with van der Waals surface area (Å²) >= 11 is 0.908. The van der Waals surface area contributed by atoms with Crippen molar-refractivity contribution in [2.24, 2.45) is 0 Å². The SMILES string of the molecule is O=C(O)C(=Cc1ccc(-c2ccccc2F)o1)c1ccc(S(=O)(=O)N2CCCC2)s1. The summed E-state index contributed by atoms with van der Waals surface area (Å²) in [6, 6.07) is 12.1. The molecule has 0 saturated carbocycles. The van der Waals surface area contributed by atoms with Crippen LogP contribution in [0.5, 0.6) is 0 Å². The molecule has 4 rings (SSSR count). The van der Waals surface area contributed by atoms with Crippen molar-refractivity contribution in [3.8, 4) is 11.3 Å². The second-order valence-electron chi connectivity index (χ2n) is 6.77. The molecule has 0 bridgehead atoms. The van der Waals surface area contributed by atoms with E-state index >= 15 is 0 Å². The number of carboxylic acids is 1. The maximum atomic E-state index is 14.0. The second kappa shape index (κ2) is 8.17. The van der Waals surface area contributed by atoms with Gasteiger partial charge in [0.15, 0.2) is 0 Å². The summed E-state index contributed by atoms with van der Waals surface area (Å²) in [4.78, 5) is 12.1. The first kappa shape index (κ1) is 20.5. The number of nitrogens with zero attached hydrogens (tertiary/aromatic N) is 1. The predicted molar refractivity (Wildman–Crippen MR) is 112 cm³/mol. The van der Waals surface area contributed by atoms with Crippen molar-refractivity contribution in [1.29, 1.82) is 0 Å². The lowest BCUT2D eigenvalue weighted by Gasteiger charge is -2.13. The molecule has 1 aromatic carbocycles. The van der Waals surface area contributed by atoms with E-state index in [9.17, 15) is 22.7 Å². The van der Waals surface area contributed by atoms with Crippen LogP contribution in [0.3, 0.4) is 0 Å². The number of carbonyl (C=O) groups is 1. The highest BCUT2D eigenvalue weighted by molar-refractivity contribution is 7.91. The Kier molecular flexibility index (Phi) is 5.59. The monoisotopic (exact) mass is 447 g/mol. The largest absolute Gasteiger partial charge is 0.478 e. The molecule has 1 aliphatic heterocycles. The van der Waals surface area contributed by atoms with Crippen LogP contribution in [-0.2, 0) is 14.8 Å². The van der Waals surface area contributed by atoms with Crippen LogP contribution in [0.4, 0.5) is 4.39 Å². The zero-order chi connectivity index (χ0) is 21.3. The Labute approximate surface area is 176 Å². The molecule has 0 spiro atoms. The van der Waals surface area contributed by atoms with Crippen LogP contribution in [0.1, 0.15) is 23.5 Å². The number of carboxylic acid groups (broad SMARTS) is 1. The Hall–Kier alpha value is -2.75. The van der Waals surface area contributed by atoms with Gasteiger partial charge in [-0.3, -0.25) is 0 Å². The summed E-state index contributed by atoms with van der Waals surface area (Å²) < 4.78 is 46.5. The smallest absolute Gasteiger partial charge is 0.337 e. The van der Waals surface area contributed by atoms with Gasteiger partial charge in [-0.25, -0.2) is 17.6 Å². The van der Waals surface area contributed by atoms with E-state index in [2.05, 4.69) is 0 Å². The van der Waals surface area contributed by atoms with E-state index in [-0.39, 0.29) is 26.9 Å². The van der Waals surface area contributed by atoms with Gasteiger partial charge in [-0.1, -0.05) is 12.1 Å². The lowest BCUT2D eigenvalue weighted by atomic mass is 10.1. The van der Waals surface area contributed by atoms with Crippen molar-refractivity contribution in [3.05, 3.63) is 65.0 Å². The molecule has 6 nitrogen and oxygen atoms in total. The van der Waals surface area contributed by atoms with Gasteiger partial charge in [0.1, 0.15) is 21.5 Å². The fraction of sp³-hybridized carbons (Fsp3) is 0.190. The van der Waals surface area contributed by atoms with Crippen molar-refractivity contribution >= 4 is 39.0 Å². The number of hydrogen-bond acceptors (Lipinski definition) is 5. The van der Waals surface area contributed by atoms with Gasteiger partial charge in [0, 0.05) is 18.0 Å². The average Bonchev–Trinajstić information content (AvgIpc) is 3.48. The molecule has 1 saturated heterocycles. The number of halogens is 1. The third kappa shape index (κ3) is 3.96. The number of rotatable bonds is 6. The van der Waals surface area contributed by atoms with Gasteiger partial charge >= 0.3 is 5.97 Å². The van der Waals surface area contributed by atoms with E-state index in [0.717, 1.165) is 24.2 Å². The minimum absolute atomic E-state index is 0.0997. The minimum Gasteiger partial charge on any atom is -0.478 e. The normalized spacial score (nSPS) is 15.6. The van der Waals surface area contributed by atoms with E-state index in [0.29, 0.717) is 18.0 Å². The Morgan fingerprint density at radius 3 is 2.53 bits per heavy atom. The third-order valence-corrected chi connectivity index (χ3v) is 8.27. The molecule has 3 aromatic rings. The van der Waals surface area contributed by atoms with E-state index in [1.807, 2.05) is 0 Å². The van der Waals surface area contributed by atoms with Crippen LogP contribution in [0.15, 0.2) is 57.2 Å². The van der Waals surface area contributed by atoms with E-state index < -0.39 is 21.8 Å². The molecular weight excluding hydrogens is 429 g/mol. The van der Waals surface area contributed by atoms with Gasteiger partial charge in [0.05, 0.1) is 11.1 Å². The third-order valence-electron chi connectivity index (χ3n) is 4.79. The molecule has 0 unspecified atom stereocenters. The highest BCUT2D eigenvalue weighted by atomic mass is 32.2. The summed E-state index contributed by atoms with van der Waals surface area (Å²) in [6.07, 6.45) is 2.95. The molecule has 0 aliphatic carbocycles. The first-order valence-electron chi connectivity index (χ1n) is 9.26. The summed E-state index contributed by atoms with van der Waals surface area (Å²) in [5.41, 5.74) is 0.168. The van der Waals surface area contributed by atoms with E-state index in [1.54, 1.807) is 30.3 Å². The molecule has 2 aromatic heterocycles. The van der Waals surface area contributed by atoms with Crippen LogP contribution in [0.25, 0.3) is 23.0 Å². The Morgan fingerprint density at radius 1 is 1.10 bits per heavy atom. The Balaban J connectivity index is 1.66. The topological polar surface area (TPSA) is 87.8 Å². The number of thiophene rings is 1. The second-order valence-corrected chi connectivity index (χ2v) is 10.0. The average molecular weight is 448 g/mol. The molecule has 0 radical (unpaired) electrons. The molecule has 1 fully saturated rings. The number of sulfonamides is 1. The number of furan rings is 1. The molecule has 1 N–H and O–H groups in total. The van der Waals surface area contributed by atoms with Crippen LogP contribution >= 0.6 is 11.3 Å². The molecule has 3 heterocycles. The van der Waals surface area contributed by atoms with Gasteiger partial charge in [-0.2, -0.15) is 4.31 Å². The van der Waals surface area contributed by atoms with Gasteiger partial charge in [0.2, 0.25) is 0 Å². The summed E-state index contributed by atoms with van der Waals surface area (Å²) in [5, 5.41) is 9.66. The first-order chi connectivity index (χ1) is 14.4. The van der Waals surface area contributed by atoms with Crippen LogP contribution in [-0.4, -0.2) is 36.9 Å². The van der Waals surface area contributed by atoms with Crippen LogP contribution in [0, 0.1) is 5.82 Å². The molecular formula is C21H18FNO5S2. The van der Waals surface area contributed by atoms with Gasteiger partial charge < -0.3 is 9.52 Å². The zero-order valence-electron chi connectivity index (χ0n) is 15.7. The van der Waals surface area contributed by atoms with Crippen molar-refractivity contribution in [2.75, 3.05) is 13.1 Å². The lowest BCUT2D eigenvalue weighted by molar-refractivity contribution is -0.130. The summed E-state index contributed by atoms with van der Waals surface area (Å²) in [6.45, 7) is 0.949. The Morgan fingerprint density at radius 2 is 1.83 bits per heavy atom. The minimum atomic E-state index is -3.62. The quantitative estimate of drug-likeness (QED) is 0.560. The summed E-state index contributed by atoms with van der Waals surface area (Å²) in [7, 11) is -3.62. The van der Waals surface area contributed by atoms with Gasteiger partial charge in [-0.15, -0.1) is 11.3 Å². The Bertz CT molecular complexity index is 1220. The van der Waals surface area contributed by atoms with E-state index in [1.165, 1.54) is 28.6 Å². The standard InChI is InChI=1S/C21H18FNO5S2/c22-17-6-2-1-5-15(17)18-8-7-14(28-18)13-16(21(24)25)19-9-10-20(29-19)30(26,27)23-11-3-4-12-23/h1-2,5-10,13H,3-4,11-12H2,(H,24,25). The summed E-state index contributed by atoms with van der Waals surface area (Å²) in [5.74, 6) is -1.17. The maximum Gasteiger partial charge on any atom is 0.337 e. The van der Waals surface area contributed by atoms with Crippen molar-refractivity contribution in [3.63, 3.8) is 0 Å². The van der Waals surface area contributed by atoms with Gasteiger partial charge in [-0.05, 0) is 55.3 Å². The molecule has 9 heteroatoms. The highest BCUT2D eigenvalue weighted by Crippen LogP contribution is 2.33. The molecule has 0 amide bonds. The highest BCUT2D eigenvalue weighted by Gasteiger charge is 2.29. The number of hydrogen-bond donors (Lipinski definition) is 1. The molecule has 30 heavy (non-hydrogen) atoms. The molecule has 0 atom stereocenters. The predicted octanol–water partition coefficient (Wildman–Crippen LogP) is 4.56. The van der Waals surface area contributed by atoms with E-state index in [4.69, 9.17) is 4.42 Å². The zero-order valence-corrected chi connectivity index (χ0v) is 17.4. The van der Waals surface area contributed by atoms with Crippen LogP contribution in [0.2, 0.25) is 0 Å².